The first-order chi connectivity index (χ1) is 8.56. The molecule has 0 aromatic carbocycles. The SMILES string of the molecule is CCCNC(=O)CC(CN)N1CC(C)CC(C)C1. The average molecular weight is 255 g/mol. The first kappa shape index (κ1) is 15.4. The number of nitrogens with two attached hydrogens (primary N) is 1. The normalized spacial score (nSPS) is 26.9. The highest BCUT2D eigenvalue weighted by Gasteiger charge is 2.27. The Kier molecular flexibility index (Phi) is 6.65. The summed E-state index contributed by atoms with van der Waals surface area (Å²) in [6, 6.07) is 0.201. The third-order valence-electron chi connectivity index (χ3n) is 3.68. The van der Waals surface area contributed by atoms with E-state index in [-0.39, 0.29) is 11.9 Å². The Morgan fingerprint density at radius 3 is 2.50 bits per heavy atom. The number of rotatable bonds is 6. The maximum Gasteiger partial charge on any atom is 0.221 e. The molecule has 4 nitrogen and oxygen atoms in total. The van der Waals surface area contributed by atoms with Crippen LogP contribution < -0.4 is 11.1 Å². The fourth-order valence-electron chi connectivity index (χ4n) is 2.92. The van der Waals surface area contributed by atoms with E-state index in [1.54, 1.807) is 0 Å². The van der Waals surface area contributed by atoms with E-state index in [0.717, 1.165) is 26.1 Å². The van der Waals surface area contributed by atoms with Crippen LogP contribution in [0.2, 0.25) is 0 Å². The summed E-state index contributed by atoms with van der Waals surface area (Å²) in [5, 5.41) is 2.94. The van der Waals surface area contributed by atoms with Crippen LogP contribution in [0.15, 0.2) is 0 Å². The van der Waals surface area contributed by atoms with E-state index in [9.17, 15) is 4.79 Å². The number of carbonyl (C=O) groups excluding carboxylic acids is 1. The lowest BCUT2D eigenvalue weighted by molar-refractivity contribution is -0.122. The minimum absolute atomic E-state index is 0.137. The number of nitrogens with zero attached hydrogens (tertiary/aromatic N) is 1. The molecule has 1 saturated heterocycles. The Morgan fingerprint density at radius 2 is 2.00 bits per heavy atom. The number of carbonyl (C=O) groups is 1. The van der Waals surface area contributed by atoms with Gasteiger partial charge in [0.1, 0.15) is 0 Å². The summed E-state index contributed by atoms with van der Waals surface area (Å²) >= 11 is 0. The lowest BCUT2D eigenvalue weighted by Gasteiger charge is -2.39. The van der Waals surface area contributed by atoms with Crippen molar-refractivity contribution < 1.29 is 4.79 Å². The van der Waals surface area contributed by atoms with Crippen LogP contribution in [0.3, 0.4) is 0 Å². The van der Waals surface area contributed by atoms with Gasteiger partial charge in [0, 0.05) is 38.6 Å². The lowest BCUT2D eigenvalue weighted by atomic mass is 9.90. The Bertz CT molecular complexity index is 247. The molecule has 1 fully saturated rings. The van der Waals surface area contributed by atoms with Crippen LogP contribution in [0.4, 0.5) is 0 Å². The van der Waals surface area contributed by atoms with Crippen molar-refractivity contribution in [3.63, 3.8) is 0 Å². The molecule has 0 saturated carbocycles. The molecule has 0 bridgehead atoms. The molecule has 1 rings (SSSR count). The Morgan fingerprint density at radius 1 is 1.39 bits per heavy atom. The molecule has 0 aromatic rings. The molecule has 3 unspecified atom stereocenters. The van der Waals surface area contributed by atoms with Crippen LogP contribution in [0.25, 0.3) is 0 Å². The highest BCUT2D eigenvalue weighted by molar-refractivity contribution is 5.76. The van der Waals surface area contributed by atoms with Gasteiger partial charge < -0.3 is 11.1 Å². The second-order valence-electron chi connectivity index (χ2n) is 5.84. The molecule has 1 heterocycles. The summed E-state index contributed by atoms with van der Waals surface area (Å²) in [6.45, 7) is 10.1. The predicted octanol–water partition coefficient (Wildman–Crippen LogP) is 1.21. The second kappa shape index (κ2) is 7.74. The van der Waals surface area contributed by atoms with Crippen molar-refractivity contribution in [3.8, 4) is 0 Å². The summed E-state index contributed by atoms with van der Waals surface area (Å²) in [4.78, 5) is 14.2. The van der Waals surface area contributed by atoms with E-state index in [1.165, 1.54) is 6.42 Å². The van der Waals surface area contributed by atoms with Crippen molar-refractivity contribution in [2.24, 2.45) is 17.6 Å². The zero-order chi connectivity index (χ0) is 13.5. The molecule has 18 heavy (non-hydrogen) atoms. The van der Waals surface area contributed by atoms with Crippen LogP contribution in [-0.4, -0.2) is 43.0 Å². The lowest BCUT2D eigenvalue weighted by Crippen LogP contribution is -2.49. The van der Waals surface area contributed by atoms with Crippen molar-refractivity contribution in [3.05, 3.63) is 0 Å². The van der Waals surface area contributed by atoms with Gasteiger partial charge in [-0.05, 0) is 24.7 Å². The number of nitrogens with one attached hydrogen (secondary N) is 1. The average Bonchev–Trinajstić information content (AvgIpc) is 2.32. The standard InChI is InChI=1S/C14H29N3O/c1-4-5-16-14(18)7-13(8-15)17-9-11(2)6-12(3)10-17/h11-13H,4-10,15H2,1-3H3,(H,16,18). The van der Waals surface area contributed by atoms with Gasteiger partial charge in [0.25, 0.3) is 0 Å². The smallest absolute Gasteiger partial charge is 0.221 e. The third-order valence-corrected chi connectivity index (χ3v) is 3.68. The van der Waals surface area contributed by atoms with Crippen LogP contribution in [0.5, 0.6) is 0 Å². The molecule has 106 valence electrons. The number of piperidine rings is 1. The molecule has 1 aliphatic rings. The van der Waals surface area contributed by atoms with Crippen molar-refractivity contribution in [1.82, 2.24) is 10.2 Å². The Balaban J connectivity index is 2.46. The number of hydrogen-bond donors (Lipinski definition) is 2. The molecule has 3 atom stereocenters. The molecule has 0 radical (unpaired) electrons. The topological polar surface area (TPSA) is 58.4 Å². The minimum atomic E-state index is 0.137. The van der Waals surface area contributed by atoms with Gasteiger partial charge in [-0.1, -0.05) is 20.8 Å². The van der Waals surface area contributed by atoms with E-state index < -0.39 is 0 Å². The quantitative estimate of drug-likeness (QED) is 0.750. The summed E-state index contributed by atoms with van der Waals surface area (Å²) in [7, 11) is 0. The summed E-state index contributed by atoms with van der Waals surface area (Å²) in [6.07, 6.45) is 2.81. The Hall–Kier alpha value is -0.610. The van der Waals surface area contributed by atoms with Crippen LogP contribution in [0, 0.1) is 11.8 Å². The first-order valence-corrected chi connectivity index (χ1v) is 7.27. The molecular formula is C14H29N3O. The molecule has 0 aliphatic carbocycles. The largest absolute Gasteiger partial charge is 0.356 e. The van der Waals surface area contributed by atoms with Gasteiger partial charge in [-0.3, -0.25) is 9.69 Å². The predicted molar refractivity (Wildman–Crippen MR) is 75.3 cm³/mol. The van der Waals surface area contributed by atoms with Crippen molar-refractivity contribution >= 4 is 5.91 Å². The molecule has 1 aliphatic heterocycles. The van der Waals surface area contributed by atoms with Gasteiger partial charge in [-0.2, -0.15) is 0 Å². The van der Waals surface area contributed by atoms with Gasteiger partial charge in [0.2, 0.25) is 5.91 Å². The van der Waals surface area contributed by atoms with E-state index in [0.29, 0.717) is 24.8 Å². The van der Waals surface area contributed by atoms with Gasteiger partial charge in [-0.15, -0.1) is 0 Å². The van der Waals surface area contributed by atoms with Gasteiger partial charge in [0.15, 0.2) is 0 Å². The van der Waals surface area contributed by atoms with Crippen molar-refractivity contribution in [2.75, 3.05) is 26.2 Å². The molecule has 1 amide bonds. The zero-order valence-corrected chi connectivity index (χ0v) is 12.1. The Labute approximate surface area is 111 Å². The van der Waals surface area contributed by atoms with E-state index in [1.807, 2.05) is 0 Å². The molecule has 0 aromatic heterocycles. The van der Waals surface area contributed by atoms with Gasteiger partial charge in [0.05, 0.1) is 0 Å². The maximum absolute atomic E-state index is 11.8. The zero-order valence-electron chi connectivity index (χ0n) is 12.1. The summed E-state index contributed by atoms with van der Waals surface area (Å²) < 4.78 is 0. The third kappa shape index (κ3) is 4.94. The number of amides is 1. The fraction of sp³-hybridized carbons (Fsp3) is 0.929. The van der Waals surface area contributed by atoms with Crippen molar-refractivity contribution in [1.29, 1.82) is 0 Å². The van der Waals surface area contributed by atoms with Crippen molar-refractivity contribution in [2.45, 2.75) is 46.1 Å². The first-order valence-electron chi connectivity index (χ1n) is 7.27. The van der Waals surface area contributed by atoms with Gasteiger partial charge in [-0.25, -0.2) is 0 Å². The maximum atomic E-state index is 11.8. The van der Waals surface area contributed by atoms with E-state index >= 15 is 0 Å². The fourth-order valence-corrected chi connectivity index (χ4v) is 2.92. The summed E-state index contributed by atoms with van der Waals surface area (Å²) in [5.41, 5.74) is 5.85. The second-order valence-corrected chi connectivity index (χ2v) is 5.84. The summed E-state index contributed by atoms with van der Waals surface area (Å²) in [5.74, 6) is 1.56. The van der Waals surface area contributed by atoms with Gasteiger partial charge >= 0.3 is 0 Å². The number of hydrogen-bond acceptors (Lipinski definition) is 3. The molecule has 4 heteroatoms. The highest BCUT2D eigenvalue weighted by Crippen LogP contribution is 2.23. The molecular weight excluding hydrogens is 226 g/mol. The van der Waals surface area contributed by atoms with Crippen LogP contribution >= 0.6 is 0 Å². The minimum Gasteiger partial charge on any atom is -0.356 e. The molecule has 3 N–H and O–H groups in total. The molecule has 0 spiro atoms. The van der Waals surface area contributed by atoms with E-state index in [2.05, 4.69) is 31.0 Å². The monoisotopic (exact) mass is 255 g/mol. The number of likely N-dealkylation sites (tertiary alicyclic amines) is 1. The highest BCUT2D eigenvalue weighted by atomic mass is 16.1. The van der Waals surface area contributed by atoms with Crippen LogP contribution in [-0.2, 0) is 4.79 Å². The van der Waals surface area contributed by atoms with E-state index in [4.69, 9.17) is 5.73 Å². The van der Waals surface area contributed by atoms with Crippen LogP contribution in [0.1, 0.15) is 40.0 Å².